The minimum absolute atomic E-state index is 0.0476. The molecule has 0 heterocycles. The summed E-state index contributed by atoms with van der Waals surface area (Å²) in [6.45, 7) is 15.3. The van der Waals surface area contributed by atoms with E-state index in [4.69, 9.17) is 4.74 Å². The van der Waals surface area contributed by atoms with E-state index in [1.165, 1.54) is 16.7 Å². The zero-order chi connectivity index (χ0) is 20.5. The molecule has 2 aromatic rings. The first-order valence-electron chi connectivity index (χ1n) is 10.4. The van der Waals surface area contributed by atoms with E-state index >= 15 is 0 Å². The summed E-state index contributed by atoms with van der Waals surface area (Å²) in [5.74, 6) is 1.07. The van der Waals surface area contributed by atoms with Gasteiger partial charge in [-0.1, -0.05) is 83.5 Å². The third kappa shape index (κ3) is 2.98. The van der Waals surface area contributed by atoms with Gasteiger partial charge in [-0.15, -0.1) is 0 Å². The fourth-order valence-electron chi connectivity index (χ4n) is 4.77. The van der Waals surface area contributed by atoms with E-state index in [9.17, 15) is 4.79 Å². The predicted molar refractivity (Wildman–Crippen MR) is 114 cm³/mol. The van der Waals surface area contributed by atoms with Gasteiger partial charge in [0, 0.05) is 17.0 Å². The van der Waals surface area contributed by atoms with Crippen LogP contribution in [0.2, 0.25) is 0 Å². The first-order valence-corrected chi connectivity index (χ1v) is 10.4. The Bertz CT molecular complexity index is 920. The largest absolute Gasteiger partial charge is 0.425 e. The summed E-state index contributed by atoms with van der Waals surface area (Å²) in [7, 11) is 0. The molecule has 0 unspecified atom stereocenters. The van der Waals surface area contributed by atoms with Gasteiger partial charge in [0.25, 0.3) is 0 Å². The fraction of sp³-hybridized carbons (Fsp3) is 0.500. The number of aryl methyl sites for hydroxylation is 1. The summed E-state index contributed by atoms with van der Waals surface area (Å²) in [4.78, 5) is 13.5. The van der Waals surface area contributed by atoms with Crippen LogP contribution in [0.5, 0.6) is 5.75 Å². The molecule has 0 spiro atoms. The van der Waals surface area contributed by atoms with Crippen LogP contribution in [0, 0.1) is 12.3 Å². The van der Waals surface area contributed by atoms with Gasteiger partial charge >= 0.3 is 5.97 Å². The zero-order valence-corrected chi connectivity index (χ0v) is 18.3. The van der Waals surface area contributed by atoms with Crippen LogP contribution in [0.1, 0.15) is 81.7 Å². The molecule has 2 aromatic carbocycles. The van der Waals surface area contributed by atoms with E-state index in [1.807, 2.05) is 0 Å². The number of hydrogen-bond acceptors (Lipinski definition) is 2. The van der Waals surface area contributed by atoms with Crippen molar-refractivity contribution >= 4 is 5.97 Å². The molecule has 0 bridgehead atoms. The topological polar surface area (TPSA) is 26.3 Å². The Labute approximate surface area is 169 Å². The smallest absolute Gasteiger partial charge is 0.318 e. The Morgan fingerprint density at radius 2 is 1.57 bits per heavy atom. The third-order valence-electron chi connectivity index (χ3n) is 6.46. The minimum atomic E-state index is -0.348. The van der Waals surface area contributed by atoms with Gasteiger partial charge in [0.2, 0.25) is 0 Å². The lowest BCUT2D eigenvalue weighted by molar-refractivity contribution is -0.140. The van der Waals surface area contributed by atoms with Gasteiger partial charge < -0.3 is 4.74 Å². The van der Waals surface area contributed by atoms with Crippen LogP contribution in [-0.4, -0.2) is 5.97 Å². The highest BCUT2D eigenvalue weighted by Crippen LogP contribution is 2.67. The Hall–Kier alpha value is -2.09. The second-order valence-electron chi connectivity index (χ2n) is 10.9. The van der Waals surface area contributed by atoms with Gasteiger partial charge in [0.15, 0.2) is 0 Å². The quantitative estimate of drug-likeness (QED) is 0.459. The monoisotopic (exact) mass is 376 g/mol. The lowest BCUT2D eigenvalue weighted by atomic mass is 9.78. The van der Waals surface area contributed by atoms with E-state index < -0.39 is 0 Å². The molecule has 0 amide bonds. The molecule has 1 saturated carbocycles. The van der Waals surface area contributed by atoms with Gasteiger partial charge in [-0.3, -0.25) is 4.79 Å². The molecule has 28 heavy (non-hydrogen) atoms. The van der Waals surface area contributed by atoms with Crippen molar-refractivity contribution < 1.29 is 9.53 Å². The number of ether oxygens (including phenoxy) is 1. The molecule has 0 aromatic heterocycles. The second kappa shape index (κ2) is 5.95. The van der Waals surface area contributed by atoms with Gasteiger partial charge in [-0.05, 0) is 41.7 Å². The fourth-order valence-corrected chi connectivity index (χ4v) is 4.77. The first-order chi connectivity index (χ1) is 12.9. The maximum atomic E-state index is 13.5. The Morgan fingerprint density at radius 3 is 2.11 bits per heavy atom. The lowest BCUT2D eigenvalue weighted by Crippen LogP contribution is -2.27. The highest BCUT2D eigenvalue weighted by molar-refractivity contribution is 5.87. The number of carbonyl (C=O) groups excluding carboxylic acids is 1. The lowest BCUT2D eigenvalue weighted by Gasteiger charge is -2.30. The summed E-state index contributed by atoms with van der Waals surface area (Å²) < 4.78 is 6.31. The summed E-state index contributed by atoms with van der Waals surface area (Å²) in [5.41, 5.74) is 5.57. The SMILES string of the molecule is Cc1cc(C(C)(C)C)c(OC(=O)[C@]23Cc4ccccc4[C@@H]2C3)c(C(C)(C)C)c1. The van der Waals surface area contributed by atoms with E-state index in [0.717, 1.165) is 29.7 Å². The molecule has 2 aliphatic rings. The average molecular weight is 377 g/mol. The molecule has 0 N–H and O–H groups in total. The normalized spacial score (nSPS) is 23.2. The number of benzene rings is 2. The molecule has 0 aliphatic heterocycles. The molecule has 2 heteroatoms. The Kier molecular flexibility index (Phi) is 4.09. The minimum Gasteiger partial charge on any atom is -0.425 e. The van der Waals surface area contributed by atoms with E-state index in [0.29, 0.717) is 5.92 Å². The number of fused-ring (bicyclic) bond motifs is 3. The maximum absolute atomic E-state index is 13.5. The number of hydrogen-bond donors (Lipinski definition) is 0. The predicted octanol–water partition coefficient (Wildman–Crippen LogP) is 6.23. The maximum Gasteiger partial charge on any atom is 0.318 e. The van der Waals surface area contributed by atoms with Gasteiger partial charge in [-0.2, -0.15) is 0 Å². The highest BCUT2D eigenvalue weighted by atomic mass is 16.5. The van der Waals surface area contributed by atoms with Crippen molar-refractivity contribution in [3.8, 4) is 5.75 Å². The van der Waals surface area contributed by atoms with E-state index in [-0.39, 0.29) is 22.2 Å². The summed E-state index contributed by atoms with van der Waals surface area (Å²) in [5, 5.41) is 0. The van der Waals surface area contributed by atoms with Crippen LogP contribution in [0.3, 0.4) is 0 Å². The van der Waals surface area contributed by atoms with Crippen LogP contribution in [0.15, 0.2) is 36.4 Å². The van der Waals surface area contributed by atoms with Crippen molar-refractivity contribution in [2.24, 2.45) is 5.41 Å². The molecule has 2 aliphatic carbocycles. The molecular weight excluding hydrogens is 344 g/mol. The average Bonchev–Trinajstić information content (AvgIpc) is 3.22. The second-order valence-corrected chi connectivity index (χ2v) is 10.9. The molecule has 2 atom stereocenters. The van der Waals surface area contributed by atoms with E-state index in [2.05, 4.69) is 84.9 Å². The Morgan fingerprint density at radius 1 is 1.00 bits per heavy atom. The van der Waals surface area contributed by atoms with Crippen molar-refractivity contribution in [3.05, 3.63) is 64.2 Å². The highest BCUT2D eigenvalue weighted by Gasteiger charge is 2.65. The van der Waals surface area contributed by atoms with Crippen molar-refractivity contribution in [2.75, 3.05) is 0 Å². The summed E-state index contributed by atoms with van der Waals surface area (Å²) in [6.07, 6.45) is 1.73. The van der Waals surface area contributed by atoms with Gasteiger partial charge in [0.05, 0.1) is 5.41 Å². The van der Waals surface area contributed by atoms with Crippen molar-refractivity contribution in [1.29, 1.82) is 0 Å². The first kappa shape index (κ1) is 19.2. The zero-order valence-electron chi connectivity index (χ0n) is 18.3. The van der Waals surface area contributed by atoms with E-state index in [1.54, 1.807) is 0 Å². The number of esters is 1. The standard InChI is InChI=1S/C26H32O2/c1-16-12-19(24(2,3)4)22(20(13-16)25(5,6)7)28-23(27)26-14-17-10-8-9-11-18(17)21(26)15-26/h8-13,21H,14-15H2,1-7H3/t21-,26-/m0/s1. The third-order valence-corrected chi connectivity index (χ3v) is 6.46. The van der Waals surface area contributed by atoms with Crippen molar-refractivity contribution in [3.63, 3.8) is 0 Å². The summed E-state index contributed by atoms with van der Waals surface area (Å²) in [6, 6.07) is 12.8. The van der Waals surface area contributed by atoms with Crippen LogP contribution < -0.4 is 4.74 Å². The number of rotatable bonds is 2. The van der Waals surface area contributed by atoms with Crippen LogP contribution >= 0.6 is 0 Å². The van der Waals surface area contributed by atoms with Gasteiger partial charge in [-0.25, -0.2) is 0 Å². The van der Waals surface area contributed by atoms with Crippen LogP contribution in [0.4, 0.5) is 0 Å². The molecular formula is C26H32O2. The van der Waals surface area contributed by atoms with Crippen molar-refractivity contribution in [1.82, 2.24) is 0 Å². The molecule has 0 radical (unpaired) electrons. The molecule has 2 nitrogen and oxygen atoms in total. The molecule has 0 saturated heterocycles. The van der Waals surface area contributed by atoms with Crippen LogP contribution in [0.25, 0.3) is 0 Å². The molecule has 1 fully saturated rings. The molecule has 4 rings (SSSR count). The summed E-state index contributed by atoms with van der Waals surface area (Å²) >= 11 is 0. The Balaban J connectivity index is 1.74. The van der Waals surface area contributed by atoms with Gasteiger partial charge in [0.1, 0.15) is 5.75 Å². The molecule has 148 valence electrons. The van der Waals surface area contributed by atoms with Crippen molar-refractivity contribution in [2.45, 2.75) is 78.1 Å². The van der Waals surface area contributed by atoms with Crippen LogP contribution in [-0.2, 0) is 22.0 Å². The number of carbonyl (C=O) groups is 1.